The first kappa shape index (κ1) is 8.70. The second-order valence-corrected chi connectivity index (χ2v) is 4.79. The van der Waals surface area contributed by atoms with Crippen molar-refractivity contribution in [1.29, 1.82) is 0 Å². The molecule has 0 atom stereocenters. The highest BCUT2D eigenvalue weighted by molar-refractivity contribution is 7.18. The molecular weight excluding hydrogens is 178 g/mol. The molecule has 1 nitrogen and oxygen atoms in total. The van der Waals surface area contributed by atoms with Crippen LogP contribution in [-0.4, -0.2) is 0 Å². The maximum atomic E-state index is 2.39. The smallest absolute Gasteiger partial charge is 0.184 e. The summed E-state index contributed by atoms with van der Waals surface area (Å²) in [6, 6.07) is 9.14. The monoisotopic (exact) mass is 192 g/mol. The first-order valence-electron chi connectivity index (χ1n) is 4.60. The van der Waals surface area contributed by atoms with E-state index in [1.54, 1.807) is 0 Å². The van der Waals surface area contributed by atoms with Gasteiger partial charge in [0.15, 0.2) is 6.04 Å². The molecule has 0 saturated heterocycles. The molecule has 0 bridgehead atoms. The molecule has 2 rings (SSSR count). The summed E-state index contributed by atoms with van der Waals surface area (Å²) < 4.78 is 3.77. The van der Waals surface area contributed by atoms with Crippen LogP contribution in [0.4, 0.5) is 0 Å². The van der Waals surface area contributed by atoms with E-state index in [4.69, 9.17) is 0 Å². The van der Waals surface area contributed by atoms with Crippen LogP contribution in [0, 0.1) is 6.92 Å². The van der Waals surface area contributed by atoms with Crippen molar-refractivity contribution in [3.8, 4) is 0 Å². The molecule has 2 heteroatoms. The Morgan fingerprint density at radius 1 is 1.23 bits per heavy atom. The van der Waals surface area contributed by atoms with E-state index in [0.29, 0.717) is 6.04 Å². The third-order valence-electron chi connectivity index (χ3n) is 2.24. The fourth-order valence-corrected chi connectivity index (χ4v) is 2.91. The molecule has 0 amide bonds. The lowest BCUT2D eigenvalue weighted by Gasteiger charge is -1.98. The van der Waals surface area contributed by atoms with Gasteiger partial charge in [0.2, 0.25) is 10.5 Å². The summed E-state index contributed by atoms with van der Waals surface area (Å²) in [6.07, 6.45) is 0. The van der Waals surface area contributed by atoms with Crippen molar-refractivity contribution in [1.82, 2.24) is 0 Å². The lowest BCUT2D eigenvalue weighted by molar-refractivity contribution is -0.692. The van der Waals surface area contributed by atoms with Gasteiger partial charge in [-0.3, -0.25) is 0 Å². The predicted octanol–water partition coefficient (Wildman–Crippen LogP) is 3.08. The molecule has 1 aromatic heterocycles. The number of rotatable bonds is 1. The summed E-state index contributed by atoms with van der Waals surface area (Å²) in [5.41, 5.74) is 1.36. The van der Waals surface area contributed by atoms with Crippen molar-refractivity contribution in [2.45, 2.75) is 26.8 Å². The fourth-order valence-electron chi connectivity index (χ4n) is 1.76. The molecular formula is C11H14NS+. The Morgan fingerprint density at radius 2 is 1.92 bits per heavy atom. The van der Waals surface area contributed by atoms with Crippen LogP contribution in [0.5, 0.6) is 0 Å². The maximum absolute atomic E-state index is 2.39. The minimum atomic E-state index is 0.552. The zero-order valence-electron chi connectivity index (χ0n) is 8.24. The number of para-hydroxylation sites is 1. The van der Waals surface area contributed by atoms with E-state index in [9.17, 15) is 0 Å². The molecule has 13 heavy (non-hydrogen) atoms. The number of aromatic nitrogens is 1. The quantitative estimate of drug-likeness (QED) is 0.611. The van der Waals surface area contributed by atoms with Gasteiger partial charge < -0.3 is 0 Å². The molecule has 2 aromatic rings. The molecule has 0 fully saturated rings. The van der Waals surface area contributed by atoms with Crippen molar-refractivity contribution in [3.05, 3.63) is 29.3 Å². The summed E-state index contributed by atoms with van der Waals surface area (Å²) >= 11 is 1.87. The van der Waals surface area contributed by atoms with Gasteiger partial charge in [-0.1, -0.05) is 23.5 Å². The molecule has 0 aliphatic rings. The number of benzene rings is 1. The third-order valence-corrected chi connectivity index (χ3v) is 3.30. The lowest BCUT2D eigenvalue weighted by atomic mass is 10.3. The normalized spacial score (nSPS) is 11.4. The SMILES string of the molecule is Cc1sc2ccccc2[n+]1C(C)C. The summed E-state index contributed by atoms with van der Waals surface area (Å²) in [7, 11) is 0. The average Bonchev–Trinajstić information content (AvgIpc) is 2.39. The van der Waals surface area contributed by atoms with Crippen LogP contribution < -0.4 is 4.57 Å². The second kappa shape index (κ2) is 3.11. The Bertz CT molecular complexity index is 429. The van der Waals surface area contributed by atoms with Gasteiger partial charge in [-0.15, -0.1) is 0 Å². The number of hydrogen-bond acceptors (Lipinski definition) is 1. The second-order valence-electron chi connectivity index (χ2n) is 3.55. The van der Waals surface area contributed by atoms with Crippen molar-refractivity contribution in [2.24, 2.45) is 0 Å². The van der Waals surface area contributed by atoms with E-state index in [-0.39, 0.29) is 0 Å². The van der Waals surface area contributed by atoms with E-state index >= 15 is 0 Å². The summed E-state index contributed by atoms with van der Waals surface area (Å²) in [4.78, 5) is 0. The van der Waals surface area contributed by atoms with Crippen LogP contribution in [-0.2, 0) is 0 Å². The molecule has 68 valence electrons. The fraction of sp³-hybridized carbons (Fsp3) is 0.364. The molecule has 1 aromatic carbocycles. The highest BCUT2D eigenvalue weighted by atomic mass is 32.1. The largest absolute Gasteiger partial charge is 0.235 e. The lowest BCUT2D eigenvalue weighted by Crippen LogP contribution is -2.37. The molecule has 0 radical (unpaired) electrons. The number of aryl methyl sites for hydroxylation is 1. The van der Waals surface area contributed by atoms with E-state index in [1.165, 1.54) is 15.2 Å². The van der Waals surface area contributed by atoms with E-state index in [0.717, 1.165) is 0 Å². The van der Waals surface area contributed by atoms with Crippen molar-refractivity contribution < 1.29 is 4.57 Å². The number of hydrogen-bond donors (Lipinski definition) is 0. The summed E-state index contributed by atoms with van der Waals surface area (Å²) in [5, 5.41) is 1.39. The Labute approximate surface area is 82.6 Å². The first-order valence-corrected chi connectivity index (χ1v) is 5.41. The van der Waals surface area contributed by atoms with Gasteiger partial charge >= 0.3 is 0 Å². The molecule has 0 saturated carbocycles. The zero-order chi connectivity index (χ0) is 9.42. The Morgan fingerprint density at radius 3 is 2.62 bits per heavy atom. The highest BCUT2D eigenvalue weighted by Gasteiger charge is 2.18. The predicted molar refractivity (Wildman–Crippen MR) is 57.1 cm³/mol. The van der Waals surface area contributed by atoms with Gasteiger partial charge in [0.1, 0.15) is 4.70 Å². The molecule has 0 spiro atoms. The van der Waals surface area contributed by atoms with Crippen LogP contribution in [0.2, 0.25) is 0 Å². The van der Waals surface area contributed by atoms with Gasteiger partial charge in [-0.25, -0.2) is 0 Å². The van der Waals surface area contributed by atoms with Crippen LogP contribution >= 0.6 is 11.3 Å². The van der Waals surface area contributed by atoms with Crippen LogP contribution in [0.25, 0.3) is 10.2 Å². The van der Waals surface area contributed by atoms with Crippen LogP contribution in [0.15, 0.2) is 24.3 Å². The van der Waals surface area contributed by atoms with Gasteiger partial charge in [0.05, 0.1) is 0 Å². The Hall–Kier alpha value is -0.890. The van der Waals surface area contributed by atoms with E-state index in [1.807, 2.05) is 11.3 Å². The minimum absolute atomic E-state index is 0.552. The van der Waals surface area contributed by atoms with Crippen molar-refractivity contribution in [2.75, 3.05) is 0 Å². The van der Waals surface area contributed by atoms with Gasteiger partial charge in [0, 0.05) is 13.0 Å². The van der Waals surface area contributed by atoms with E-state index < -0.39 is 0 Å². The number of thiazole rings is 1. The number of fused-ring (bicyclic) bond motifs is 1. The topological polar surface area (TPSA) is 3.88 Å². The number of nitrogens with zero attached hydrogens (tertiary/aromatic N) is 1. The third kappa shape index (κ3) is 1.35. The zero-order valence-corrected chi connectivity index (χ0v) is 9.06. The maximum Gasteiger partial charge on any atom is 0.235 e. The van der Waals surface area contributed by atoms with Crippen molar-refractivity contribution in [3.63, 3.8) is 0 Å². The van der Waals surface area contributed by atoms with Gasteiger partial charge in [-0.05, 0) is 19.9 Å². The molecule has 0 aliphatic heterocycles. The van der Waals surface area contributed by atoms with Crippen molar-refractivity contribution >= 4 is 21.6 Å². The Balaban J connectivity index is 2.78. The standard InChI is InChI=1S/C11H14NS/c1-8(2)12-9(3)13-11-7-5-4-6-10(11)12/h4-8H,1-3H3/q+1. The summed E-state index contributed by atoms with van der Waals surface area (Å²) in [6.45, 7) is 6.64. The summed E-state index contributed by atoms with van der Waals surface area (Å²) in [5.74, 6) is 0. The Kier molecular flexibility index (Phi) is 2.08. The average molecular weight is 192 g/mol. The molecule has 1 heterocycles. The molecule has 0 N–H and O–H groups in total. The van der Waals surface area contributed by atoms with Crippen LogP contribution in [0.3, 0.4) is 0 Å². The van der Waals surface area contributed by atoms with Gasteiger partial charge in [0.25, 0.3) is 0 Å². The minimum Gasteiger partial charge on any atom is -0.184 e. The van der Waals surface area contributed by atoms with Crippen LogP contribution in [0.1, 0.15) is 24.9 Å². The molecule has 0 aliphatic carbocycles. The van der Waals surface area contributed by atoms with Gasteiger partial charge in [-0.2, -0.15) is 4.57 Å². The highest BCUT2D eigenvalue weighted by Crippen LogP contribution is 2.20. The molecule has 0 unspecified atom stereocenters. The van der Waals surface area contributed by atoms with E-state index in [2.05, 4.69) is 49.6 Å². The first-order chi connectivity index (χ1) is 6.20.